The largest absolute Gasteiger partial charge is 0.381 e. The monoisotopic (exact) mass is 402 g/mol. The molecule has 1 atom stereocenters. The quantitative estimate of drug-likeness (QED) is 0.535. The lowest BCUT2D eigenvalue weighted by atomic mass is 10.1. The van der Waals surface area contributed by atoms with Crippen LogP contribution in [-0.4, -0.2) is 74.3 Å². The Morgan fingerprint density at radius 3 is 2.69 bits per heavy atom. The van der Waals surface area contributed by atoms with Crippen LogP contribution in [0.3, 0.4) is 0 Å². The fourth-order valence-corrected chi connectivity index (χ4v) is 4.37. The Balaban J connectivity index is 1.48. The standard InChI is InChI=1S/C23H38N4O2/c1-4-26(5-2)21-9-12-27(17-21)23(24-3)25-16-19-7-6-8-20(15-19)18-29-22-10-13-28-14-11-22/h6-8,15,21-22H,4-5,9-14,16-18H2,1-3H3,(H,24,25). The Hall–Kier alpha value is -1.63. The topological polar surface area (TPSA) is 49.3 Å². The maximum Gasteiger partial charge on any atom is 0.193 e. The average Bonchev–Trinajstić information content (AvgIpc) is 3.24. The Morgan fingerprint density at radius 1 is 1.21 bits per heavy atom. The number of hydrogen-bond acceptors (Lipinski definition) is 4. The van der Waals surface area contributed by atoms with E-state index in [4.69, 9.17) is 9.47 Å². The molecule has 29 heavy (non-hydrogen) atoms. The van der Waals surface area contributed by atoms with Gasteiger partial charge in [-0.3, -0.25) is 9.89 Å². The summed E-state index contributed by atoms with van der Waals surface area (Å²) < 4.78 is 11.5. The lowest BCUT2D eigenvalue weighted by Crippen LogP contribution is -2.43. The number of nitrogens with one attached hydrogen (secondary N) is 1. The zero-order chi connectivity index (χ0) is 20.5. The van der Waals surface area contributed by atoms with Crippen LogP contribution < -0.4 is 5.32 Å². The first-order valence-corrected chi connectivity index (χ1v) is 11.2. The van der Waals surface area contributed by atoms with Gasteiger partial charge in [0.1, 0.15) is 0 Å². The van der Waals surface area contributed by atoms with Gasteiger partial charge in [-0.15, -0.1) is 0 Å². The van der Waals surface area contributed by atoms with Gasteiger partial charge in [0.25, 0.3) is 0 Å². The van der Waals surface area contributed by atoms with Crippen LogP contribution in [-0.2, 0) is 22.6 Å². The number of hydrogen-bond donors (Lipinski definition) is 1. The zero-order valence-corrected chi connectivity index (χ0v) is 18.4. The molecule has 2 fully saturated rings. The second-order valence-corrected chi connectivity index (χ2v) is 7.95. The first-order chi connectivity index (χ1) is 14.2. The first-order valence-electron chi connectivity index (χ1n) is 11.2. The molecule has 1 aromatic carbocycles. The Labute approximate surface area is 176 Å². The molecule has 1 aromatic rings. The molecule has 0 bridgehead atoms. The van der Waals surface area contributed by atoms with Crippen molar-refractivity contribution in [2.24, 2.45) is 4.99 Å². The fourth-order valence-electron chi connectivity index (χ4n) is 4.37. The summed E-state index contributed by atoms with van der Waals surface area (Å²) in [7, 11) is 1.88. The summed E-state index contributed by atoms with van der Waals surface area (Å²) in [4.78, 5) is 9.47. The molecule has 3 rings (SSSR count). The van der Waals surface area contributed by atoms with Crippen molar-refractivity contribution in [1.82, 2.24) is 15.1 Å². The minimum absolute atomic E-state index is 0.332. The van der Waals surface area contributed by atoms with E-state index < -0.39 is 0 Å². The maximum absolute atomic E-state index is 6.07. The highest BCUT2D eigenvalue weighted by atomic mass is 16.5. The molecular weight excluding hydrogens is 364 g/mol. The van der Waals surface area contributed by atoms with E-state index in [0.29, 0.717) is 18.8 Å². The van der Waals surface area contributed by atoms with E-state index in [9.17, 15) is 0 Å². The van der Waals surface area contributed by atoms with Crippen LogP contribution in [0.25, 0.3) is 0 Å². The average molecular weight is 403 g/mol. The van der Waals surface area contributed by atoms with Gasteiger partial charge in [0.15, 0.2) is 5.96 Å². The molecule has 1 N–H and O–H groups in total. The molecule has 0 amide bonds. The number of nitrogens with zero attached hydrogens (tertiary/aromatic N) is 3. The van der Waals surface area contributed by atoms with Crippen molar-refractivity contribution in [2.75, 3.05) is 46.4 Å². The lowest BCUT2D eigenvalue weighted by molar-refractivity contribution is -0.0390. The van der Waals surface area contributed by atoms with Crippen LogP contribution in [0.5, 0.6) is 0 Å². The molecule has 6 heteroatoms. The van der Waals surface area contributed by atoms with Crippen molar-refractivity contribution in [2.45, 2.75) is 58.4 Å². The molecule has 6 nitrogen and oxygen atoms in total. The number of aliphatic imine (C=N–C) groups is 1. The molecule has 0 aliphatic carbocycles. The van der Waals surface area contributed by atoms with Gasteiger partial charge in [-0.2, -0.15) is 0 Å². The van der Waals surface area contributed by atoms with E-state index in [1.165, 1.54) is 17.5 Å². The van der Waals surface area contributed by atoms with E-state index in [1.54, 1.807) is 0 Å². The molecule has 0 radical (unpaired) electrons. The highest BCUT2D eigenvalue weighted by Gasteiger charge is 2.27. The van der Waals surface area contributed by atoms with Gasteiger partial charge in [-0.1, -0.05) is 38.1 Å². The van der Waals surface area contributed by atoms with Gasteiger partial charge in [-0.05, 0) is 43.5 Å². The summed E-state index contributed by atoms with van der Waals surface area (Å²) >= 11 is 0. The van der Waals surface area contributed by atoms with E-state index in [0.717, 1.165) is 64.7 Å². The third kappa shape index (κ3) is 6.43. The van der Waals surface area contributed by atoms with Crippen LogP contribution in [0.4, 0.5) is 0 Å². The predicted octanol–water partition coefficient (Wildman–Crippen LogP) is 2.87. The Morgan fingerprint density at radius 2 is 1.97 bits per heavy atom. The summed E-state index contributed by atoms with van der Waals surface area (Å²) in [6.07, 6.45) is 3.55. The highest BCUT2D eigenvalue weighted by Crippen LogP contribution is 2.17. The summed E-state index contributed by atoms with van der Waals surface area (Å²) in [5.41, 5.74) is 2.49. The minimum Gasteiger partial charge on any atom is -0.381 e. The number of likely N-dealkylation sites (N-methyl/N-ethyl adjacent to an activating group) is 1. The molecule has 2 heterocycles. The van der Waals surface area contributed by atoms with Crippen LogP contribution >= 0.6 is 0 Å². The molecule has 2 aliphatic rings. The normalized spacial score (nSPS) is 21.2. The van der Waals surface area contributed by atoms with Crippen LogP contribution in [0.1, 0.15) is 44.2 Å². The van der Waals surface area contributed by atoms with Crippen molar-refractivity contribution < 1.29 is 9.47 Å². The second-order valence-electron chi connectivity index (χ2n) is 7.95. The minimum atomic E-state index is 0.332. The van der Waals surface area contributed by atoms with Crippen LogP contribution in [0, 0.1) is 0 Å². The van der Waals surface area contributed by atoms with E-state index in [-0.39, 0.29) is 0 Å². The van der Waals surface area contributed by atoms with Gasteiger partial charge in [0.05, 0.1) is 12.7 Å². The Bertz CT molecular complexity index is 642. The van der Waals surface area contributed by atoms with Gasteiger partial charge < -0.3 is 19.7 Å². The SMILES string of the molecule is CCN(CC)C1CCN(C(=NC)NCc2cccc(COC3CCOCC3)c2)C1. The molecule has 0 saturated carbocycles. The number of rotatable bonds is 8. The number of likely N-dealkylation sites (tertiary alicyclic amines) is 1. The van der Waals surface area contributed by atoms with Crippen molar-refractivity contribution in [3.8, 4) is 0 Å². The molecule has 162 valence electrons. The zero-order valence-electron chi connectivity index (χ0n) is 18.4. The third-order valence-corrected chi connectivity index (χ3v) is 6.10. The van der Waals surface area contributed by atoms with Gasteiger partial charge in [0.2, 0.25) is 0 Å². The van der Waals surface area contributed by atoms with Gasteiger partial charge >= 0.3 is 0 Å². The molecule has 0 aromatic heterocycles. The second kappa shape index (κ2) is 11.5. The molecule has 0 spiro atoms. The summed E-state index contributed by atoms with van der Waals surface area (Å²) in [6, 6.07) is 9.30. The molecule has 2 saturated heterocycles. The number of benzene rings is 1. The van der Waals surface area contributed by atoms with Gasteiger partial charge in [0, 0.05) is 45.9 Å². The Kier molecular flexibility index (Phi) is 8.77. The third-order valence-electron chi connectivity index (χ3n) is 6.10. The van der Waals surface area contributed by atoms with E-state index >= 15 is 0 Å². The predicted molar refractivity (Wildman–Crippen MR) is 118 cm³/mol. The van der Waals surface area contributed by atoms with Crippen LogP contribution in [0.2, 0.25) is 0 Å². The number of guanidine groups is 1. The first kappa shape index (κ1) is 22.1. The number of ether oxygens (including phenoxy) is 2. The smallest absolute Gasteiger partial charge is 0.193 e. The van der Waals surface area contributed by atoms with E-state index in [2.05, 4.69) is 58.2 Å². The van der Waals surface area contributed by atoms with Crippen molar-refractivity contribution >= 4 is 5.96 Å². The van der Waals surface area contributed by atoms with E-state index in [1.807, 2.05) is 7.05 Å². The molecular formula is C23H38N4O2. The molecule has 1 unspecified atom stereocenters. The van der Waals surface area contributed by atoms with Gasteiger partial charge in [-0.25, -0.2) is 0 Å². The maximum atomic E-state index is 6.07. The highest BCUT2D eigenvalue weighted by molar-refractivity contribution is 5.80. The van der Waals surface area contributed by atoms with Crippen molar-refractivity contribution in [3.05, 3.63) is 35.4 Å². The summed E-state index contributed by atoms with van der Waals surface area (Å²) in [6.45, 7) is 11.9. The fraction of sp³-hybridized carbons (Fsp3) is 0.696. The molecule has 2 aliphatic heterocycles. The van der Waals surface area contributed by atoms with Crippen molar-refractivity contribution in [3.63, 3.8) is 0 Å². The van der Waals surface area contributed by atoms with Crippen molar-refractivity contribution in [1.29, 1.82) is 0 Å². The lowest BCUT2D eigenvalue weighted by Gasteiger charge is -2.27. The summed E-state index contributed by atoms with van der Waals surface area (Å²) in [5.74, 6) is 1.00. The summed E-state index contributed by atoms with van der Waals surface area (Å²) in [5, 5.41) is 3.56. The van der Waals surface area contributed by atoms with Crippen LogP contribution in [0.15, 0.2) is 29.3 Å².